The summed E-state index contributed by atoms with van der Waals surface area (Å²) in [4.78, 5) is 3.33. The van der Waals surface area contributed by atoms with Crippen LogP contribution in [-0.4, -0.2) is 31.5 Å². The van der Waals surface area contributed by atoms with Gasteiger partial charge < -0.3 is 9.72 Å². The average molecular weight is 308 g/mol. The third-order valence-electron chi connectivity index (χ3n) is 4.99. The Bertz CT molecular complexity index is 707. The van der Waals surface area contributed by atoms with E-state index >= 15 is 0 Å². The number of imidazole rings is 1. The number of nitrogens with zero attached hydrogens (tertiary/aromatic N) is 3. The number of hydrogen-bond donors (Lipinski definition) is 1. The first-order valence-corrected chi connectivity index (χ1v) is 8.20. The summed E-state index contributed by atoms with van der Waals surface area (Å²) in [6.45, 7) is 7.25. The summed E-state index contributed by atoms with van der Waals surface area (Å²) in [5.41, 5.74) is 3.16. The minimum absolute atomic E-state index is 0.00504. The predicted molar refractivity (Wildman–Crippen MR) is 86.2 cm³/mol. The molecule has 3 heterocycles. The molecule has 1 aliphatic rings. The molecular weight excluding hydrogens is 284 g/mol. The van der Waals surface area contributed by atoms with Gasteiger partial charge >= 0.3 is 0 Å². The van der Waals surface area contributed by atoms with Gasteiger partial charge in [-0.05, 0) is 44.8 Å². The monoisotopic (exact) mass is 308 g/mol. The van der Waals surface area contributed by atoms with Crippen molar-refractivity contribution in [3.63, 3.8) is 0 Å². The lowest BCUT2D eigenvalue weighted by Gasteiger charge is -2.40. The first-order chi connectivity index (χ1) is 10.0. The molecule has 0 aliphatic carbocycles. The lowest BCUT2D eigenvalue weighted by Crippen LogP contribution is -2.39. The molecule has 1 saturated heterocycles. The first-order valence-electron chi connectivity index (χ1n) is 7.79. The van der Waals surface area contributed by atoms with E-state index in [4.69, 9.17) is 17.0 Å². The van der Waals surface area contributed by atoms with E-state index in [0.717, 1.165) is 53.9 Å². The van der Waals surface area contributed by atoms with Gasteiger partial charge in [0.15, 0.2) is 10.4 Å². The molecule has 0 bridgehead atoms. The van der Waals surface area contributed by atoms with Gasteiger partial charge in [-0.3, -0.25) is 9.25 Å². The van der Waals surface area contributed by atoms with E-state index in [9.17, 15) is 0 Å². The Hall–Kier alpha value is -1.14. The number of aromatic nitrogens is 4. The van der Waals surface area contributed by atoms with Gasteiger partial charge in [0, 0.05) is 19.7 Å². The van der Waals surface area contributed by atoms with Gasteiger partial charge in [-0.15, -0.1) is 0 Å². The highest BCUT2D eigenvalue weighted by Gasteiger charge is 2.36. The van der Waals surface area contributed by atoms with Crippen molar-refractivity contribution in [1.29, 1.82) is 0 Å². The van der Waals surface area contributed by atoms with Crippen molar-refractivity contribution in [2.75, 3.05) is 6.61 Å². The quantitative estimate of drug-likeness (QED) is 0.880. The molecule has 1 N–H and O–H groups in total. The van der Waals surface area contributed by atoms with Gasteiger partial charge in [-0.2, -0.15) is 5.10 Å². The zero-order valence-electron chi connectivity index (χ0n) is 13.3. The molecule has 0 aromatic carbocycles. The molecule has 2 aromatic heterocycles. The smallest absolute Gasteiger partial charge is 0.179 e. The molecule has 6 heteroatoms. The molecule has 0 saturated carbocycles. The number of fused-ring (bicyclic) bond motifs is 1. The summed E-state index contributed by atoms with van der Waals surface area (Å²) < 4.78 is 11.1. The normalized spacial score (nSPS) is 22.0. The van der Waals surface area contributed by atoms with Crippen LogP contribution in [0.25, 0.3) is 11.2 Å². The zero-order chi connectivity index (χ0) is 15.2. The maximum atomic E-state index is 6.10. The number of ether oxygens (including phenoxy) is 1. The molecule has 116 valence electrons. The summed E-state index contributed by atoms with van der Waals surface area (Å²) in [6.07, 6.45) is 4.12. The fourth-order valence-corrected chi connectivity index (χ4v) is 3.97. The summed E-state index contributed by atoms with van der Waals surface area (Å²) in [5.74, 6) is 0. The van der Waals surface area contributed by atoms with Crippen LogP contribution in [0.15, 0.2) is 0 Å². The highest BCUT2D eigenvalue weighted by atomic mass is 32.1. The second-order valence-electron chi connectivity index (χ2n) is 6.09. The lowest BCUT2D eigenvalue weighted by molar-refractivity contribution is -0.0984. The SMILES string of the molecule is CCC1(CC)CC(n2c(=S)[nH]c3c(C)nn(C)c32)CCO1. The van der Waals surface area contributed by atoms with E-state index in [2.05, 4.69) is 28.5 Å². The van der Waals surface area contributed by atoms with Gasteiger partial charge in [-0.25, -0.2) is 0 Å². The molecule has 1 unspecified atom stereocenters. The van der Waals surface area contributed by atoms with E-state index < -0.39 is 0 Å². The van der Waals surface area contributed by atoms with Gasteiger partial charge in [0.1, 0.15) is 5.52 Å². The average Bonchev–Trinajstić information content (AvgIpc) is 2.96. The second-order valence-corrected chi connectivity index (χ2v) is 6.48. The maximum Gasteiger partial charge on any atom is 0.179 e. The number of hydrogen-bond acceptors (Lipinski definition) is 3. The first kappa shape index (κ1) is 14.8. The van der Waals surface area contributed by atoms with Crippen LogP contribution in [0, 0.1) is 11.7 Å². The molecule has 1 aliphatic heterocycles. The highest BCUT2D eigenvalue weighted by molar-refractivity contribution is 7.71. The van der Waals surface area contributed by atoms with Crippen molar-refractivity contribution < 1.29 is 4.74 Å². The molecule has 0 spiro atoms. The molecule has 1 atom stereocenters. The number of rotatable bonds is 3. The van der Waals surface area contributed by atoms with E-state index in [1.54, 1.807) is 0 Å². The van der Waals surface area contributed by atoms with E-state index in [0.29, 0.717) is 6.04 Å². The third kappa shape index (κ3) is 2.25. The van der Waals surface area contributed by atoms with Crippen LogP contribution in [-0.2, 0) is 11.8 Å². The van der Waals surface area contributed by atoms with Crippen LogP contribution in [0.1, 0.15) is 51.3 Å². The summed E-state index contributed by atoms with van der Waals surface area (Å²) in [5, 5.41) is 4.51. The molecular formula is C15H24N4OS. The number of aromatic amines is 1. The van der Waals surface area contributed by atoms with E-state index in [1.807, 2.05) is 18.7 Å². The largest absolute Gasteiger partial charge is 0.375 e. The second kappa shape index (κ2) is 5.25. The molecule has 0 amide bonds. The Morgan fingerprint density at radius 2 is 2.14 bits per heavy atom. The van der Waals surface area contributed by atoms with Crippen molar-refractivity contribution in [3.8, 4) is 0 Å². The van der Waals surface area contributed by atoms with Crippen LogP contribution < -0.4 is 0 Å². The molecule has 2 aromatic rings. The van der Waals surface area contributed by atoms with Crippen LogP contribution in [0.2, 0.25) is 0 Å². The van der Waals surface area contributed by atoms with Crippen molar-refractivity contribution >= 4 is 23.4 Å². The predicted octanol–water partition coefficient (Wildman–Crippen LogP) is 3.65. The van der Waals surface area contributed by atoms with E-state index in [1.165, 1.54) is 0 Å². The highest BCUT2D eigenvalue weighted by Crippen LogP contribution is 2.38. The number of nitrogens with one attached hydrogen (secondary N) is 1. The molecule has 0 radical (unpaired) electrons. The van der Waals surface area contributed by atoms with Crippen LogP contribution in [0.5, 0.6) is 0 Å². The Labute approximate surface area is 130 Å². The van der Waals surface area contributed by atoms with Crippen molar-refractivity contribution in [2.24, 2.45) is 7.05 Å². The molecule has 3 rings (SSSR count). The fourth-order valence-electron chi connectivity index (χ4n) is 3.64. The third-order valence-corrected chi connectivity index (χ3v) is 5.29. The number of H-pyrrole nitrogens is 1. The Kier molecular flexibility index (Phi) is 3.69. The van der Waals surface area contributed by atoms with Gasteiger partial charge in [-0.1, -0.05) is 13.8 Å². The molecule has 1 fully saturated rings. The summed E-state index contributed by atoms with van der Waals surface area (Å²) in [7, 11) is 1.99. The standard InChI is InChI=1S/C15H24N4OS/c1-5-15(6-2)9-11(7-8-20-15)19-13-12(16-14(19)21)10(3)17-18(13)4/h11H,5-9H2,1-4H3,(H,16,21). The Morgan fingerprint density at radius 3 is 2.81 bits per heavy atom. The van der Waals surface area contributed by atoms with Gasteiger partial charge in [0.05, 0.1) is 11.3 Å². The fraction of sp³-hybridized carbons (Fsp3) is 0.733. The minimum Gasteiger partial charge on any atom is -0.375 e. The van der Waals surface area contributed by atoms with Gasteiger partial charge in [0.25, 0.3) is 0 Å². The van der Waals surface area contributed by atoms with Crippen molar-refractivity contribution in [1.82, 2.24) is 19.3 Å². The van der Waals surface area contributed by atoms with Crippen LogP contribution >= 0.6 is 12.2 Å². The molecule has 21 heavy (non-hydrogen) atoms. The lowest BCUT2D eigenvalue weighted by atomic mass is 9.86. The Balaban J connectivity index is 2.08. The van der Waals surface area contributed by atoms with Crippen molar-refractivity contribution in [3.05, 3.63) is 10.5 Å². The number of aryl methyl sites for hydroxylation is 2. The Morgan fingerprint density at radius 1 is 1.43 bits per heavy atom. The van der Waals surface area contributed by atoms with E-state index in [-0.39, 0.29) is 5.60 Å². The summed E-state index contributed by atoms with van der Waals surface area (Å²) in [6, 6.07) is 0.384. The van der Waals surface area contributed by atoms with Crippen molar-refractivity contribution in [2.45, 2.75) is 58.1 Å². The molecule has 5 nitrogen and oxygen atoms in total. The minimum atomic E-state index is -0.00504. The summed E-state index contributed by atoms with van der Waals surface area (Å²) >= 11 is 5.58. The zero-order valence-corrected chi connectivity index (χ0v) is 14.1. The topological polar surface area (TPSA) is 47.8 Å². The van der Waals surface area contributed by atoms with Gasteiger partial charge in [0.2, 0.25) is 0 Å². The van der Waals surface area contributed by atoms with Crippen LogP contribution in [0.3, 0.4) is 0 Å². The van der Waals surface area contributed by atoms with Crippen LogP contribution in [0.4, 0.5) is 0 Å². The maximum absolute atomic E-state index is 6.10.